The highest BCUT2D eigenvalue weighted by atomic mass is 16.6. The fourth-order valence-electron chi connectivity index (χ4n) is 5.96. The van der Waals surface area contributed by atoms with Crippen molar-refractivity contribution in [3.05, 3.63) is 116 Å². The van der Waals surface area contributed by atoms with Gasteiger partial charge in [0.05, 0.1) is 35.3 Å². The van der Waals surface area contributed by atoms with E-state index in [0.717, 1.165) is 12.0 Å². The number of aryl methyl sites for hydroxylation is 1. The van der Waals surface area contributed by atoms with Crippen molar-refractivity contribution in [1.82, 2.24) is 0 Å². The fraction of sp³-hybridized carbons (Fsp3) is 0.294. The molecule has 0 radical (unpaired) electrons. The van der Waals surface area contributed by atoms with E-state index in [1.165, 1.54) is 17.7 Å². The number of methoxy groups -OCH3 is 1. The van der Waals surface area contributed by atoms with Crippen LogP contribution in [-0.2, 0) is 17.8 Å². The van der Waals surface area contributed by atoms with Crippen molar-refractivity contribution in [2.24, 2.45) is 11.1 Å². The minimum absolute atomic E-state index is 0.0865. The SMILES string of the molecule is CCc1ccc(OCc2cc([C@@H]3C(C#N)=C(N)N(c4cccc([N+](=O)[O-])c4)C4=C3C(=O)CC(C)(C)C4)ccc2OC)cc1. The molecule has 0 spiro atoms. The Labute approximate surface area is 251 Å². The zero-order chi connectivity index (χ0) is 30.9. The van der Waals surface area contributed by atoms with E-state index >= 15 is 0 Å². The van der Waals surface area contributed by atoms with Gasteiger partial charge in [0, 0.05) is 35.4 Å². The van der Waals surface area contributed by atoms with Crippen LogP contribution in [0.15, 0.2) is 89.4 Å². The van der Waals surface area contributed by atoms with Gasteiger partial charge in [0.15, 0.2) is 5.78 Å². The molecule has 5 rings (SSSR count). The molecule has 0 fully saturated rings. The largest absolute Gasteiger partial charge is 0.496 e. The van der Waals surface area contributed by atoms with Gasteiger partial charge in [0.1, 0.15) is 23.9 Å². The van der Waals surface area contributed by atoms with E-state index in [4.69, 9.17) is 15.2 Å². The number of nitrogens with zero attached hydrogens (tertiary/aromatic N) is 3. The van der Waals surface area contributed by atoms with Crippen LogP contribution in [-0.4, -0.2) is 17.8 Å². The number of anilines is 1. The predicted octanol–water partition coefficient (Wildman–Crippen LogP) is 6.69. The van der Waals surface area contributed by atoms with Crippen LogP contribution in [0.2, 0.25) is 0 Å². The van der Waals surface area contributed by atoms with Gasteiger partial charge < -0.3 is 15.2 Å². The second-order valence-electron chi connectivity index (χ2n) is 11.6. The summed E-state index contributed by atoms with van der Waals surface area (Å²) in [4.78, 5) is 26.6. The summed E-state index contributed by atoms with van der Waals surface area (Å²) in [5, 5.41) is 22.0. The van der Waals surface area contributed by atoms with E-state index in [9.17, 15) is 20.2 Å². The lowest BCUT2D eigenvalue weighted by Crippen LogP contribution is -2.42. The molecule has 1 aliphatic carbocycles. The average molecular weight is 579 g/mol. The van der Waals surface area contributed by atoms with Crippen LogP contribution >= 0.6 is 0 Å². The molecular weight excluding hydrogens is 544 g/mol. The van der Waals surface area contributed by atoms with Crippen molar-refractivity contribution in [1.29, 1.82) is 5.26 Å². The van der Waals surface area contributed by atoms with Gasteiger partial charge in [-0.05, 0) is 59.7 Å². The van der Waals surface area contributed by atoms with Crippen LogP contribution in [0.5, 0.6) is 11.5 Å². The number of ether oxygens (including phenoxy) is 2. The molecule has 1 aliphatic heterocycles. The summed E-state index contributed by atoms with van der Waals surface area (Å²) in [6.07, 6.45) is 1.72. The molecule has 1 atom stereocenters. The molecule has 43 heavy (non-hydrogen) atoms. The first-order chi connectivity index (χ1) is 20.6. The number of nitrogens with two attached hydrogens (primary N) is 1. The molecule has 0 saturated heterocycles. The molecule has 9 nitrogen and oxygen atoms in total. The lowest BCUT2D eigenvalue weighted by Gasteiger charge is -2.43. The van der Waals surface area contributed by atoms with E-state index in [0.29, 0.717) is 46.9 Å². The molecule has 0 bridgehead atoms. The second-order valence-corrected chi connectivity index (χ2v) is 11.6. The van der Waals surface area contributed by atoms with Crippen LogP contribution in [0.4, 0.5) is 11.4 Å². The maximum Gasteiger partial charge on any atom is 0.271 e. The quantitative estimate of drug-likeness (QED) is 0.231. The Bertz CT molecular complexity index is 1700. The van der Waals surface area contributed by atoms with Gasteiger partial charge in [-0.2, -0.15) is 5.26 Å². The summed E-state index contributed by atoms with van der Waals surface area (Å²) in [6, 6.07) is 21.8. The highest BCUT2D eigenvalue weighted by Gasteiger charge is 2.45. The fourth-order valence-corrected chi connectivity index (χ4v) is 5.96. The molecule has 2 aliphatic rings. The van der Waals surface area contributed by atoms with Crippen LogP contribution in [0.1, 0.15) is 56.2 Å². The van der Waals surface area contributed by atoms with Gasteiger partial charge in [-0.25, -0.2) is 0 Å². The molecule has 0 amide bonds. The molecule has 3 aromatic carbocycles. The zero-order valence-corrected chi connectivity index (χ0v) is 24.7. The highest BCUT2D eigenvalue weighted by molar-refractivity contribution is 6.01. The third kappa shape index (κ3) is 5.69. The number of allylic oxidation sites excluding steroid dienone is 3. The molecule has 0 aromatic heterocycles. The first-order valence-electron chi connectivity index (χ1n) is 14.2. The summed E-state index contributed by atoms with van der Waals surface area (Å²) < 4.78 is 11.7. The molecule has 0 unspecified atom stereocenters. The van der Waals surface area contributed by atoms with Crippen molar-refractivity contribution in [2.45, 2.75) is 52.6 Å². The van der Waals surface area contributed by atoms with Crippen molar-refractivity contribution < 1.29 is 19.2 Å². The van der Waals surface area contributed by atoms with Crippen LogP contribution in [0.25, 0.3) is 0 Å². The molecule has 3 aromatic rings. The minimum atomic E-state index is -0.716. The number of hydrogen-bond acceptors (Lipinski definition) is 8. The van der Waals surface area contributed by atoms with Crippen molar-refractivity contribution in [2.75, 3.05) is 12.0 Å². The number of nitriles is 1. The minimum Gasteiger partial charge on any atom is -0.496 e. The standard InChI is InChI=1S/C34H34N4O5/c1-5-21-9-12-26(13-10-21)43-20-23-15-22(11-14-30(23)42-4)31-27(19-35)33(36)37(24-7-6-8-25(16-24)38(40)41)28-17-34(2,3)18-29(39)32(28)31/h6-16,31H,5,17-18,20,36H2,1-4H3/t31-/m1/s1. The van der Waals surface area contributed by atoms with Gasteiger partial charge in [-0.3, -0.25) is 19.8 Å². The summed E-state index contributed by atoms with van der Waals surface area (Å²) >= 11 is 0. The Hall–Kier alpha value is -5.10. The number of nitro benzene ring substituents is 1. The maximum atomic E-state index is 13.9. The molecule has 220 valence electrons. The highest BCUT2D eigenvalue weighted by Crippen LogP contribution is 2.50. The van der Waals surface area contributed by atoms with Crippen molar-refractivity contribution in [3.8, 4) is 17.6 Å². The topological polar surface area (TPSA) is 132 Å². The van der Waals surface area contributed by atoms with Crippen LogP contribution in [0.3, 0.4) is 0 Å². The van der Waals surface area contributed by atoms with Gasteiger partial charge >= 0.3 is 0 Å². The lowest BCUT2D eigenvalue weighted by molar-refractivity contribution is -0.384. The Morgan fingerprint density at radius 2 is 1.86 bits per heavy atom. The Morgan fingerprint density at radius 1 is 1.12 bits per heavy atom. The first kappa shape index (κ1) is 29.4. The van der Waals surface area contributed by atoms with Crippen molar-refractivity contribution in [3.63, 3.8) is 0 Å². The second kappa shape index (κ2) is 11.6. The van der Waals surface area contributed by atoms with Gasteiger partial charge in [0.25, 0.3) is 5.69 Å². The number of carbonyl (C=O) groups excluding carboxylic acids is 1. The van der Waals surface area contributed by atoms with Gasteiger partial charge in [-0.1, -0.05) is 45.0 Å². The molecular formula is C34H34N4O5. The third-order valence-electron chi connectivity index (χ3n) is 8.04. The Balaban J connectivity index is 1.62. The predicted molar refractivity (Wildman–Crippen MR) is 163 cm³/mol. The van der Waals surface area contributed by atoms with Crippen LogP contribution < -0.4 is 20.1 Å². The zero-order valence-electron chi connectivity index (χ0n) is 24.7. The number of non-ortho nitro benzene ring substituents is 1. The van der Waals surface area contributed by atoms with Gasteiger partial charge in [0.2, 0.25) is 0 Å². The summed E-state index contributed by atoms with van der Waals surface area (Å²) in [5.41, 5.74) is 10.7. The third-order valence-corrected chi connectivity index (χ3v) is 8.04. The summed E-state index contributed by atoms with van der Waals surface area (Å²) in [7, 11) is 1.58. The van der Waals surface area contributed by atoms with E-state index in [-0.39, 0.29) is 34.9 Å². The molecule has 9 heteroatoms. The van der Waals surface area contributed by atoms with E-state index in [2.05, 4.69) is 13.0 Å². The first-order valence-corrected chi connectivity index (χ1v) is 14.2. The Morgan fingerprint density at radius 3 is 2.51 bits per heavy atom. The summed E-state index contributed by atoms with van der Waals surface area (Å²) in [5.74, 6) is 0.667. The Kier molecular flexibility index (Phi) is 7.96. The normalized spacial score (nSPS) is 17.8. The van der Waals surface area contributed by atoms with Crippen molar-refractivity contribution >= 4 is 17.2 Å². The molecule has 0 saturated carbocycles. The lowest BCUT2D eigenvalue weighted by atomic mass is 9.68. The number of hydrogen-bond donors (Lipinski definition) is 1. The number of rotatable bonds is 8. The smallest absolute Gasteiger partial charge is 0.271 e. The number of nitro groups is 1. The molecule has 2 N–H and O–H groups in total. The molecule has 1 heterocycles. The van der Waals surface area contributed by atoms with E-state index in [1.54, 1.807) is 24.1 Å². The van der Waals surface area contributed by atoms with E-state index in [1.807, 2.05) is 56.3 Å². The number of carbonyl (C=O) groups is 1. The maximum absolute atomic E-state index is 13.9. The summed E-state index contributed by atoms with van der Waals surface area (Å²) in [6.45, 7) is 6.31. The number of benzene rings is 3. The number of ketones is 1. The number of Topliss-reactive ketones (excluding diaryl/α,β-unsaturated/α-hetero) is 1. The average Bonchev–Trinajstić information content (AvgIpc) is 2.99. The van der Waals surface area contributed by atoms with Gasteiger partial charge in [-0.15, -0.1) is 0 Å². The monoisotopic (exact) mass is 578 g/mol. The van der Waals surface area contributed by atoms with Crippen LogP contribution in [0, 0.1) is 26.9 Å². The van der Waals surface area contributed by atoms with E-state index < -0.39 is 10.8 Å².